The second kappa shape index (κ2) is 4.72. The molecule has 0 radical (unpaired) electrons. The van der Waals surface area contributed by atoms with Crippen molar-refractivity contribution in [3.63, 3.8) is 0 Å². The Hall–Kier alpha value is -2.20. The second-order valence-electron chi connectivity index (χ2n) is 4.87. The summed E-state index contributed by atoms with van der Waals surface area (Å²) in [6.45, 7) is 0. The molecule has 3 rings (SSSR count). The standard InChI is InChI=1S/C15H14ClN3O/c1-19(2)13-5-3-4-10(14(13)16)9-6-7-11-12(8-9)18-15(20)17-11/h3-8H,1-2H3,(H2,17,18,20). The fourth-order valence-corrected chi connectivity index (χ4v) is 2.69. The summed E-state index contributed by atoms with van der Waals surface area (Å²) in [5.74, 6) is 0. The summed E-state index contributed by atoms with van der Waals surface area (Å²) in [6.07, 6.45) is 0. The van der Waals surface area contributed by atoms with Crippen LogP contribution in [0.3, 0.4) is 0 Å². The van der Waals surface area contributed by atoms with Gasteiger partial charge in [-0.2, -0.15) is 0 Å². The minimum atomic E-state index is -0.203. The number of aromatic amines is 2. The van der Waals surface area contributed by atoms with Crippen molar-refractivity contribution in [2.45, 2.75) is 0 Å². The summed E-state index contributed by atoms with van der Waals surface area (Å²) in [7, 11) is 3.91. The summed E-state index contributed by atoms with van der Waals surface area (Å²) in [5, 5.41) is 0.703. The van der Waals surface area contributed by atoms with E-state index >= 15 is 0 Å². The molecule has 2 aromatic carbocycles. The van der Waals surface area contributed by atoms with Gasteiger partial charge in [-0.25, -0.2) is 4.79 Å². The molecule has 102 valence electrons. The molecule has 20 heavy (non-hydrogen) atoms. The Kier molecular flexibility index (Phi) is 3.03. The number of aromatic nitrogens is 2. The van der Waals surface area contributed by atoms with Gasteiger partial charge in [0.1, 0.15) is 0 Å². The molecule has 0 amide bonds. The van der Waals surface area contributed by atoms with E-state index in [0.717, 1.165) is 27.8 Å². The van der Waals surface area contributed by atoms with Gasteiger partial charge in [0, 0.05) is 19.7 Å². The van der Waals surface area contributed by atoms with Gasteiger partial charge in [-0.1, -0.05) is 29.8 Å². The Balaban J connectivity index is 2.20. The molecule has 0 atom stereocenters. The van der Waals surface area contributed by atoms with Crippen LogP contribution in [0.2, 0.25) is 5.02 Å². The van der Waals surface area contributed by atoms with Crippen molar-refractivity contribution < 1.29 is 0 Å². The van der Waals surface area contributed by atoms with Gasteiger partial charge >= 0.3 is 5.69 Å². The van der Waals surface area contributed by atoms with E-state index < -0.39 is 0 Å². The van der Waals surface area contributed by atoms with Crippen LogP contribution in [-0.2, 0) is 0 Å². The number of fused-ring (bicyclic) bond motifs is 1. The Morgan fingerprint density at radius 3 is 2.55 bits per heavy atom. The maximum Gasteiger partial charge on any atom is 0.323 e. The van der Waals surface area contributed by atoms with Crippen LogP contribution in [0.1, 0.15) is 0 Å². The number of hydrogen-bond acceptors (Lipinski definition) is 2. The van der Waals surface area contributed by atoms with Crippen LogP contribution >= 0.6 is 11.6 Å². The maximum atomic E-state index is 11.3. The van der Waals surface area contributed by atoms with E-state index in [0.29, 0.717) is 5.02 Å². The number of halogens is 1. The molecular weight excluding hydrogens is 274 g/mol. The van der Waals surface area contributed by atoms with Crippen LogP contribution < -0.4 is 10.6 Å². The van der Waals surface area contributed by atoms with Crippen molar-refractivity contribution in [1.82, 2.24) is 9.97 Å². The highest BCUT2D eigenvalue weighted by molar-refractivity contribution is 6.36. The summed E-state index contributed by atoms with van der Waals surface area (Å²) in [6, 6.07) is 11.7. The molecule has 1 aromatic heterocycles. The van der Waals surface area contributed by atoms with E-state index in [2.05, 4.69) is 9.97 Å². The lowest BCUT2D eigenvalue weighted by Crippen LogP contribution is -2.09. The van der Waals surface area contributed by atoms with Crippen LogP contribution in [0.5, 0.6) is 0 Å². The third-order valence-corrected chi connectivity index (χ3v) is 3.68. The number of H-pyrrole nitrogens is 2. The zero-order valence-electron chi connectivity index (χ0n) is 11.2. The van der Waals surface area contributed by atoms with Crippen molar-refractivity contribution in [1.29, 1.82) is 0 Å². The predicted octanol–water partition coefficient (Wildman–Crippen LogP) is 3.24. The van der Waals surface area contributed by atoms with Crippen molar-refractivity contribution in [3.05, 3.63) is 51.9 Å². The molecule has 0 spiro atoms. The average Bonchev–Trinajstić information content (AvgIpc) is 2.77. The smallest absolute Gasteiger partial charge is 0.323 e. The molecule has 2 N–H and O–H groups in total. The monoisotopic (exact) mass is 287 g/mol. The van der Waals surface area contributed by atoms with E-state index in [-0.39, 0.29) is 5.69 Å². The summed E-state index contributed by atoms with van der Waals surface area (Å²) in [5.41, 5.74) is 4.25. The molecule has 0 aliphatic heterocycles. The minimum Gasteiger partial charge on any atom is -0.376 e. The first kappa shape index (κ1) is 12.8. The van der Waals surface area contributed by atoms with E-state index in [4.69, 9.17) is 11.6 Å². The molecular formula is C15H14ClN3O. The van der Waals surface area contributed by atoms with Gasteiger partial charge in [0.25, 0.3) is 0 Å². The SMILES string of the molecule is CN(C)c1cccc(-c2ccc3[nH]c(=O)[nH]c3c2)c1Cl. The predicted molar refractivity (Wildman–Crippen MR) is 83.7 cm³/mol. The van der Waals surface area contributed by atoms with Crippen molar-refractivity contribution >= 4 is 28.3 Å². The minimum absolute atomic E-state index is 0.203. The normalized spacial score (nSPS) is 10.9. The fourth-order valence-electron chi connectivity index (χ4n) is 2.29. The molecule has 0 aliphatic carbocycles. The lowest BCUT2D eigenvalue weighted by Gasteiger charge is -2.16. The molecule has 0 unspecified atom stereocenters. The van der Waals surface area contributed by atoms with E-state index in [1.54, 1.807) is 0 Å². The quantitative estimate of drug-likeness (QED) is 0.760. The zero-order valence-corrected chi connectivity index (χ0v) is 12.0. The second-order valence-corrected chi connectivity index (χ2v) is 5.25. The highest BCUT2D eigenvalue weighted by Gasteiger charge is 2.10. The third-order valence-electron chi connectivity index (χ3n) is 3.29. The van der Waals surface area contributed by atoms with E-state index in [1.165, 1.54) is 0 Å². The Morgan fingerprint density at radius 1 is 1.05 bits per heavy atom. The molecule has 0 saturated carbocycles. The highest BCUT2D eigenvalue weighted by atomic mass is 35.5. The highest BCUT2D eigenvalue weighted by Crippen LogP contribution is 2.35. The number of nitrogens with zero attached hydrogens (tertiary/aromatic N) is 1. The first-order valence-corrected chi connectivity index (χ1v) is 6.62. The van der Waals surface area contributed by atoms with Gasteiger partial charge in [-0.05, 0) is 23.8 Å². The Bertz CT molecular complexity index is 832. The largest absolute Gasteiger partial charge is 0.376 e. The van der Waals surface area contributed by atoms with E-state index in [1.807, 2.05) is 55.4 Å². The lowest BCUT2D eigenvalue weighted by molar-refractivity contribution is 1.13. The summed E-state index contributed by atoms with van der Waals surface area (Å²) >= 11 is 6.47. The summed E-state index contributed by atoms with van der Waals surface area (Å²) < 4.78 is 0. The molecule has 0 fully saturated rings. The lowest BCUT2D eigenvalue weighted by atomic mass is 10.0. The van der Waals surface area contributed by atoms with Crippen LogP contribution in [0, 0.1) is 0 Å². The van der Waals surface area contributed by atoms with Gasteiger partial charge in [0.2, 0.25) is 0 Å². The molecule has 3 aromatic rings. The number of rotatable bonds is 2. The average molecular weight is 288 g/mol. The van der Waals surface area contributed by atoms with Crippen LogP contribution in [0.15, 0.2) is 41.2 Å². The fraction of sp³-hybridized carbons (Fsp3) is 0.133. The van der Waals surface area contributed by atoms with Crippen LogP contribution in [-0.4, -0.2) is 24.1 Å². The maximum absolute atomic E-state index is 11.3. The van der Waals surface area contributed by atoms with E-state index in [9.17, 15) is 4.79 Å². The van der Waals surface area contributed by atoms with Gasteiger partial charge in [0.05, 0.1) is 21.7 Å². The van der Waals surface area contributed by atoms with Gasteiger partial charge in [-0.15, -0.1) is 0 Å². The number of anilines is 1. The topological polar surface area (TPSA) is 51.9 Å². The van der Waals surface area contributed by atoms with Crippen molar-refractivity contribution in [3.8, 4) is 11.1 Å². The Morgan fingerprint density at radius 2 is 1.80 bits per heavy atom. The van der Waals surface area contributed by atoms with Crippen LogP contribution in [0.4, 0.5) is 5.69 Å². The number of benzene rings is 2. The Labute approximate surface area is 121 Å². The molecule has 0 aliphatic rings. The first-order valence-electron chi connectivity index (χ1n) is 6.24. The van der Waals surface area contributed by atoms with Gasteiger partial charge in [0.15, 0.2) is 0 Å². The third kappa shape index (κ3) is 2.08. The first-order chi connectivity index (χ1) is 9.56. The zero-order chi connectivity index (χ0) is 14.3. The molecule has 4 nitrogen and oxygen atoms in total. The number of hydrogen-bond donors (Lipinski definition) is 2. The molecule has 0 bridgehead atoms. The number of imidazole rings is 1. The molecule has 1 heterocycles. The van der Waals surface area contributed by atoms with Crippen LogP contribution in [0.25, 0.3) is 22.2 Å². The molecule has 0 saturated heterocycles. The van der Waals surface area contributed by atoms with Crippen molar-refractivity contribution in [2.24, 2.45) is 0 Å². The van der Waals surface area contributed by atoms with Crippen molar-refractivity contribution in [2.75, 3.05) is 19.0 Å². The number of nitrogens with one attached hydrogen (secondary N) is 2. The van der Waals surface area contributed by atoms with Gasteiger partial charge in [-0.3, -0.25) is 0 Å². The van der Waals surface area contributed by atoms with Gasteiger partial charge < -0.3 is 14.9 Å². The summed E-state index contributed by atoms with van der Waals surface area (Å²) in [4.78, 5) is 18.8. The molecule has 5 heteroatoms.